The van der Waals surface area contributed by atoms with Crippen LogP contribution < -0.4 is 0 Å². The minimum Gasteiger partial charge on any atom is -0.481 e. The van der Waals surface area contributed by atoms with Crippen molar-refractivity contribution in [3.63, 3.8) is 0 Å². The smallest absolute Gasteiger partial charge is 0.304 e. The Bertz CT molecular complexity index is 366. The predicted molar refractivity (Wildman–Crippen MR) is 56.8 cm³/mol. The molecule has 3 nitrogen and oxygen atoms in total. The molecule has 80 valence electrons. The summed E-state index contributed by atoms with van der Waals surface area (Å²) in [6, 6.07) is 8.76. The van der Waals surface area contributed by atoms with Gasteiger partial charge >= 0.3 is 5.97 Å². The zero-order chi connectivity index (χ0) is 11.5. The average molecular weight is 206 g/mol. The van der Waals surface area contributed by atoms with Gasteiger partial charge in [0.1, 0.15) is 0 Å². The highest BCUT2D eigenvalue weighted by atomic mass is 16.4. The summed E-state index contributed by atoms with van der Waals surface area (Å²) in [5.41, 5.74) is -0.295. The molecule has 0 aliphatic heterocycles. The van der Waals surface area contributed by atoms with Crippen molar-refractivity contribution in [2.75, 3.05) is 0 Å². The maximum atomic E-state index is 11.9. The predicted octanol–water partition coefficient (Wildman–Crippen LogP) is 2.37. The van der Waals surface area contributed by atoms with Crippen LogP contribution >= 0.6 is 0 Å². The van der Waals surface area contributed by atoms with Crippen molar-refractivity contribution >= 4 is 11.8 Å². The third-order valence-corrected chi connectivity index (χ3v) is 2.24. The Kier molecular flexibility index (Phi) is 3.24. The lowest BCUT2D eigenvalue weighted by Crippen LogP contribution is -2.27. The number of benzene rings is 1. The van der Waals surface area contributed by atoms with Crippen LogP contribution in [-0.4, -0.2) is 16.9 Å². The first-order valence-corrected chi connectivity index (χ1v) is 4.75. The van der Waals surface area contributed by atoms with E-state index in [4.69, 9.17) is 5.11 Å². The van der Waals surface area contributed by atoms with Crippen LogP contribution in [0, 0.1) is 5.41 Å². The first-order valence-electron chi connectivity index (χ1n) is 4.75. The normalized spacial score (nSPS) is 11.1. The number of carbonyl (C=O) groups excluding carboxylic acids is 1. The summed E-state index contributed by atoms with van der Waals surface area (Å²) in [4.78, 5) is 22.5. The first-order chi connectivity index (χ1) is 6.93. The Morgan fingerprint density at radius 3 is 2.20 bits per heavy atom. The molecular formula is C12H14O3. The van der Waals surface area contributed by atoms with Crippen LogP contribution in [0.25, 0.3) is 0 Å². The number of carbonyl (C=O) groups is 2. The number of hydrogen-bond donors (Lipinski definition) is 1. The van der Waals surface area contributed by atoms with E-state index in [9.17, 15) is 9.59 Å². The first kappa shape index (κ1) is 11.4. The molecule has 3 heteroatoms. The molecule has 1 aromatic rings. The summed E-state index contributed by atoms with van der Waals surface area (Å²) in [6.07, 6.45) is -0.152. The van der Waals surface area contributed by atoms with Gasteiger partial charge in [-0.2, -0.15) is 0 Å². The number of aliphatic carboxylic acids is 1. The number of carboxylic acids is 1. The van der Waals surface area contributed by atoms with Gasteiger partial charge in [0.15, 0.2) is 5.78 Å². The fraction of sp³-hybridized carbons (Fsp3) is 0.333. The second-order valence-corrected chi connectivity index (χ2v) is 4.15. The summed E-state index contributed by atoms with van der Waals surface area (Å²) in [5, 5.41) is 8.69. The summed E-state index contributed by atoms with van der Waals surface area (Å²) in [5.74, 6) is -1.09. The molecule has 0 unspecified atom stereocenters. The van der Waals surface area contributed by atoms with Gasteiger partial charge in [0, 0.05) is 11.0 Å². The van der Waals surface area contributed by atoms with Crippen LogP contribution in [0.15, 0.2) is 30.3 Å². The quantitative estimate of drug-likeness (QED) is 0.769. The SMILES string of the molecule is CC(C)(CC(=O)O)C(=O)c1ccccc1. The third kappa shape index (κ3) is 2.91. The highest BCUT2D eigenvalue weighted by Crippen LogP contribution is 2.25. The van der Waals surface area contributed by atoms with E-state index in [2.05, 4.69) is 0 Å². The van der Waals surface area contributed by atoms with Crippen LogP contribution in [-0.2, 0) is 4.79 Å². The molecule has 0 spiro atoms. The van der Waals surface area contributed by atoms with Crippen molar-refractivity contribution in [3.05, 3.63) is 35.9 Å². The molecule has 0 aromatic heterocycles. The minimum atomic E-state index is -0.954. The van der Waals surface area contributed by atoms with E-state index in [1.807, 2.05) is 6.07 Å². The van der Waals surface area contributed by atoms with E-state index in [1.54, 1.807) is 38.1 Å². The Morgan fingerprint density at radius 2 is 1.73 bits per heavy atom. The van der Waals surface area contributed by atoms with Crippen molar-refractivity contribution < 1.29 is 14.7 Å². The van der Waals surface area contributed by atoms with E-state index in [0.717, 1.165) is 0 Å². The lowest BCUT2D eigenvalue weighted by atomic mass is 9.81. The highest BCUT2D eigenvalue weighted by molar-refractivity contribution is 6.01. The van der Waals surface area contributed by atoms with Gasteiger partial charge in [0.25, 0.3) is 0 Å². The lowest BCUT2D eigenvalue weighted by molar-refractivity contribution is -0.138. The highest BCUT2D eigenvalue weighted by Gasteiger charge is 2.30. The zero-order valence-corrected chi connectivity index (χ0v) is 8.86. The van der Waals surface area contributed by atoms with Gasteiger partial charge < -0.3 is 5.11 Å². The molecule has 1 N–H and O–H groups in total. The Hall–Kier alpha value is -1.64. The number of rotatable bonds is 4. The van der Waals surface area contributed by atoms with Crippen molar-refractivity contribution in [2.24, 2.45) is 5.41 Å². The third-order valence-electron chi connectivity index (χ3n) is 2.24. The van der Waals surface area contributed by atoms with Crippen LogP contribution in [0.2, 0.25) is 0 Å². The van der Waals surface area contributed by atoms with Crippen molar-refractivity contribution in [3.8, 4) is 0 Å². The Morgan fingerprint density at radius 1 is 1.20 bits per heavy atom. The molecule has 0 aliphatic carbocycles. The summed E-state index contributed by atoms with van der Waals surface area (Å²) in [6.45, 7) is 3.30. The molecule has 0 fully saturated rings. The van der Waals surface area contributed by atoms with Crippen LogP contribution in [0.1, 0.15) is 30.6 Å². The fourth-order valence-electron chi connectivity index (χ4n) is 1.44. The largest absolute Gasteiger partial charge is 0.481 e. The Labute approximate surface area is 88.7 Å². The van der Waals surface area contributed by atoms with E-state index in [1.165, 1.54) is 0 Å². The molecule has 0 radical (unpaired) electrons. The summed E-state index contributed by atoms with van der Waals surface area (Å²) < 4.78 is 0. The monoisotopic (exact) mass is 206 g/mol. The zero-order valence-electron chi connectivity index (χ0n) is 8.86. The summed E-state index contributed by atoms with van der Waals surface area (Å²) in [7, 11) is 0. The van der Waals surface area contributed by atoms with Gasteiger partial charge in [-0.3, -0.25) is 9.59 Å². The van der Waals surface area contributed by atoms with Crippen molar-refractivity contribution in [2.45, 2.75) is 20.3 Å². The lowest BCUT2D eigenvalue weighted by Gasteiger charge is -2.20. The molecule has 0 saturated heterocycles. The molecule has 0 aliphatic rings. The second-order valence-electron chi connectivity index (χ2n) is 4.15. The standard InChI is InChI=1S/C12H14O3/c1-12(2,8-10(13)14)11(15)9-6-4-3-5-7-9/h3-7H,8H2,1-2H3,(H,13,14). The number of hydrogen-bond acceptors (Lipinski definition) is 2. The minimum absolute atomic E-state index is 0.134. The van der Waals surface area contributed by atoms with Gasteiger partial charge in [0.05, 0.1) is 6.42 Å². The van der Waals surface area contributed by atoms with Gasteiger partial charge in [-0.05, 0) is 0 Å². The Balaban J connectivity index is 2.89. The molecule has 0 atom stereocenters. The molecule has 0 heterocycles. The molecule has 0 amide bonds. The number of carboxylic acid groups (broad SMARTS) is 1. The van der Waals surface area contributed by atoms with E-state index in [0.29, 0.717) is 5.56 Å². The van der Waals surface area contributed by atoms with Gasteiger partial charge in [-0.25, -0.2) is 0 Å². The molecule has 0 saturated carbocycles. The van der Waals surface area contributed by atoms with Gasteiger partial charge in [0.2, 0.25) is 0 Å². The fourth-order valence-corrected chi connectivity index (χ4v) is 1.44. The molecule has 15 heavy (non-hydrogen) atoms. The van der Waals surface area contributed by atoms with E-state index >= 15 is 0 Å². The average Bonchev–Trinajstić information content (AvgIpc) is 2.16. The van der Waals surface area contributed by atoms with Crippen LogP contribution in [0.3, 0.4) is 0 Å². The number of Topliss-reactive ketones (excluding diaryl/α,β-unsaturated/α-hetero) is 1. The molecular weight excluding hydrogens is 192 g/mol. The second kappa shape index (κ2) is 4.26. The van der Waals surface area contributed by atoms with Crippen LogP contribution in [0.5, 0.6) is 0 Å². The van der Waals surface area contributed by atoms with E-state index in [-0.39, 0.29) is 12.2 Å². The van der Waals surface area contributed by atoms with Crippen molar-refractivity contribution in [1.29, 1.82) is 0 Å². The van der Waals surface area contributed by atoms with Crippen molar-refractivity contribution in [1.82, 2.24) is 0 Å². The molecule has 0 bridgehead atoms. The molecule has 1 rings (SSSR count). The molecule has 1 aromatic carbocycles. The van der Waals surface area contributed by atoms with Gasteiger partial charge in [-0.15, -0.1) is 0 Å². The topological polar surface area (TPSA) is 54.4 Å². The van der Waals surface area contributed by atoms with E-state index < -0.39 is 11.4 Å². The maximum absolute atomic E-state index is 11.9. The van der Waals surface area contributed by atoms with Crippen LogP contribution in [0.4, 0.5) is 0 Å². The van der Waals surface area contributed by atoms with Gasteiger partial charge in [-0.1, -0.05) is 44.2 Å². The summed E-state index contributed by atoms with van der Waals surface area (Å²) >= 11 is 0. The maximum Gasteiger partial charge on any atom is 0.304 e. The number of ketones is 1.